The summed E-state index contributed by atoms with van der Waals surface area (Å²) in [5, 5.41) is 1.01. The van der Waals surface area contributed by atoms with Gasteiger partial charge in [0, 0.05) is 42.8 Å². The molecule has 1 N–H and O–H groups in total. The van der Waals surface area contributed by atoms with Gasteiger partial charge in [-0.05, 0) is 6.07 Å². The second-order valence-electron chi connectivity index (χ2n) is 4.56. The first kappa shape index (κ1) is 11.5. The summed E-state index contributed by atoms with van der Waals surface area (Å²) in [6.07, 6.45) is 1.91. The minimum Gasteiger partial charge on any atom is -0.350 e. The molecular formula is C14H13N3O2. The number of hydrogen-bond donors (Lipinski definition) is 1. The van der Waals surface area contributed by atoms with Gasteiger partial charge in [-0.15, -0.1) is 0 Å². The molecule has 0 aliphatic carbocycles. The molecule has 0 atom stereocenters. The Morgan fingerprint density at radius 3 is 2.58 bits per heavy atom. The predicted octanol–water partition coefficient (Wildman–Crippen LogP) is 1.23. The van der Waals surface area contributed by atoms with E-state index in [4.69, 9.17) is 0 Å². The molecule has 19 heavy (non-hydrogen) atoms. The lowest BCUT2D eigenvalue weighted by Gasteiger charge is -2.01. The molecule has 96 valence electrons. The van der Waals surface area contributed by atoms with Crippen LogP contribution in [-0.2, 0) is 14.1 Å². The van der Waals surface area contributed by atoms with E-state index in [1.54, 1.807) is 0 Å². The van der Waals surface area contributed by atoms with Gasteiger partial charge in [-0.2, -0.15) is 0 Å². The summed E-state index contributed by atoms with van der Waals surface area (Å²) in [5.74, 6) is 0. The molecule has 0 radical (unpaired) electrons. The first-order valence-electron chi connectivity index (χ1n) is 5.93. The van der Waals surface area contributed by atoms with Gasteiger partial charge in [-0.3, -0.25) is 9.36 Å². The molecule has 0 amide bonds. The Morgan fingerprint density at radius 1 is 1.11 bits per heavy atom. The second-order valence-corrected chi connectivity index (χ2v) is 4.56. The van der Waals surface area contributed by atoms with Crippen molar-refractivity contribution in [2.75, 3.05) is 0 Å². The summed E-state index contributed by atoms with van der Waals surface area (Å²) in [5.41, 5.74) is 1.74. The number of nitrogens with zero attached hydrogens (tertiary/aromatic N) is 2. The predicted molar refractivity (Wildman–Crippen MR) is 74.2 cm³/mol. The topological polar surface area (TPSA) is 59.8 Å². The first-order chi connectivity index (χ1) is 9.08. The normalized spacial score (nSPS) is 11.1. The van der Waals surface area contributed by atoms with Crippen molar-refractivity contribution in [3.05, 3.63) is 57.4 Å². The van der Waals surface area contributed by atoms with Crippen LogP contribution in [0.15, 0.2) is 46.1 Å². The van der Waals surface area contributed by atoms with Crippen LogP contribution in [0.25, 0.3) is 22.2 Å². The summed E-state index contributed by atoms with van der Waals surface area (Å²) >= 11 is 0. The molecule has 0 saturated carbocycles. The Labute approximate surface area is 108 Å². The van der Waals surface area contributed by atoms with E-state index in [0.717, 1.165) is 21.0 Å². The lowest BCUT2D eigenvalue weighted by atomic mass is 10.1. The van der Waals surface area contributed by atoms with Crippen LogP contribution >= 0.6 is 0 Å². The zero-order chi connectivity index (χ0) is 13.6. The fourth-order valence-electron chi connectivity index (χ4n) is 2.26. The molecule has 0 saturated heterocycles. The number of benzene rings is 1. The van der Waals surface area contributed by atoms with Gasteiger partial charge in [-0.1, -0.05) is 18.2 Å². The van der Waals surface area contributed by atoms with Crippen LogP contribution in [0.3, 0.4) is 0 Å². The minimum atomic E-state index is -0.407. The van der Waals surface area contributed by atoms with Gasteiger partial charge < -0.3 is 9.55 Å². The SMILES string of the molecule is Cn1c(=O)cc(-c2cn(C)c3ccccc23)[nH]c1=O. The summed E-state index contributed by atoms with van der Waals surface area (Å²) < 4.78 is 3.02. The van der Waals surface area contributed by atoms with Gasteiger partial charge >= 0.3 is 5.69 Å². The molecule has 2 aromatic heterocycles. The zero-order valence-corrected chi connectivity index (χ0v) is 10.7. The molecule has 5 heteroatoms. The van der Waals surface area contributed by atoms with E-state index in [0.29, 0.717) is 5.69 Å². The van der Waals surface area contributed by atoms with Gasteiger partial charge in [0.05, 0.1) is 5.69 Å². The lowest BCUT2D eigenvalue weighted by Crippen LogP contribution is -2.32. The molecule has 1 aromatic carbocycles. The van der Waals surface area contributed by atoms with Gasteiger partial charge in [0.15, 0.2) is 0 Å². The maximum absolute atomic E-state index is 11.7. The summed E-state index contributed by atoms with van der Waals surface area (Å²) in [4.78, 5) is 26.1. The lowest BCUT2D eigenvalue weighted by molar-refractivity contribution is 0.778. The van der Waals surface area contributed by atoms with E-state index in [9.17, 15) is 9.59 Å². The smallest absolute Gasteiger partial charge is 0.328 e. The average molecular weight is 255 g/mol. The van der Waals surface area contributed by atoms with Crippen LogP contribution in [0.2, 0.25) is 0 Å². The van der Waals surface area contributed by atoms with Crippen LogP contribution in [-0.4, -0.2) is 14.1 Å². The number of rotatable bonds is 1. The van der Waals surface area contributed by atoms with Crippen molar-refractivity contribution < 1.29 is 0 Å². The Kier molecular flexibility index (Phi) is 2.41. The number of fused-ring (bicyclic) bond motifs is 1. The molecule has 0 aliphatic heterocycles. The van der Waals surface area contributed by atoms with Crippen LogP contribution in [0.5, 0.6) is 0 Å². The maximum atomic E-state index is 11.7. The standard InChI is InChI=1S/C14H13N3O2/c1-16-8-10(9-5-3-4-6-12(9)16)11-7-13(18)17(2)14(19)15-11/h3-8H,1-2H3,(H,15,19). The molecular weight excluding hydrogens is 242 g/mol. The number of para-hydroxylation sites is 1. The van der Waals surface area contributed by atoms with Crippen molar-refractivity contribution in [1.82, 2.24) is 14.1 Å². The Hall–Kier alpha value is -2.56. The van der Waals surface area contributed by atoms with Gasteiger partial charge in [0.2, 0.25) is 0 Å². The number of aryl methyl sites for hydroxylation is 1. The molecule has 3 aromatic rings. The van der Waals surface area contributed by atoms with Crippen molar-refractivity contribution >= 4 is 10.9 Å². The molecule has 0 bridgehead atoms. The molecule has 0 spiro atoms. The molecule has 0 unspecified atom stereocenters. The van der Waals surface area contributed by atoms with E-state index in [2.05, 4.69) is 4.98 Å². The Bertz CT molecular complexity index is 852. The third-order valence-corrected chi connectivity index (χ3v) is 3.33. The monoisotopic (exact) mass is 255 g/mol. The highest BCUT2D eigenvalue weighted by Crippen LogP contribution is 2.27. The van der Waals surface area contributed by atoms with E-state index in [-0.39, 0.29) is 5.56 Å². The highest BCUT2D eigenvalue weighted by atomic mass is 16.2. The molecule has 5 nitrogen and oxygen atoms in total. The van der Waals surface area contributed by atoms with Crippen molar-refractivity contribution in [1.29, 1.82) is 0 Å². The fraction of sp³-hybridized carbons (Fsp3) is 0.143. The van der Waals surface area contributed by atoms with Gasteiger partial charge in [-0.25, -0.2) is 4.79 Å². The van der Waals surface area contributed by atoms with E-state index < -0.39 is 5.69 Å². The number of nitrogens with one attached hydrogen (secondary N) is 1. The fourth-order valence-corrected chi connectivity index (χ4v) is 2.26. The number of aromatic nitrogens is 3. The summed E-state index contributed by atoms with van der Waals surface area (Å²) in [7, 11) is 3.39. The first-order valence-corrected chi connectivity index (χ1v) is 5.93. The highest BCUT2D eigenvalue weighted by Gasteiger charge is 2.10. The second kappa shape index (κ2) is 3.98. The van der Waals surface area contributed by atoms with Crippen LogP contribution in [0, 0.1) is 0 Å². The molecule has 2 heterocycles. The Balaban J connectivity index is 2.37. The van der Waals surface area contributed by atoms with Crippen LogP contribution < -0.4 is 11.2 Å². The minimum absolute atomic E-state index is 0.313. The van der Waals surface area contributed by atoms with Crippen LogP contribution in [0.1, 0.15) is 0 Å². The molecule has 0 aliphatic rings. The average Bonchev–Trinajstić information content (AvgIpc) is 2.74. The van der Waals surface area contributed by atoms with E-state index in [1.807, 2.05) is 42.1 Å². The van der Waals surface area contributed by atoms with E-state index >= 15 is 0 Å². The highest BCUT2D eigenvalue weighted by molar-refractivity contribution is 5.94. The maximum Gasteiger partial charge on any atom is 0.328 e. The molecule has 0 fully saturated rings. The van der Waals surface area contributed by atoms with Crippen molar-refractivity contribution in [2.45, 2.75) is 0 Å². The van der Waals surface area contributed by atoms with Crippen molar-refractivity contribution in [3.8, 4) is 11.3 Å². The van der Waals surface area contributed by atoms with Crippen molar-refractivity contribution in [2.24, 2.45) is 14.1 Å². The summed E-state index contributed by atoms with van der Waals surface area (Å²) in [6.45, 7) is 0. The van der Waals surface area contributed by atoms with Crippen molar-refractivity contribution in [3.63, 3.8) is 0 Å². The number of H-pyrrole nitrogens is 1. The third-order valence-electron chi connectivity index (χ3n) is 3.33. The Morgan fingerprint density at radius 2 is 1.84 bits per heavy atom. The zero-order valence-electron chi connectivity index (χ0n) is 10.7. The quantitative estimate of drug-likeness (QED) is 0.711. The molecule has 3 rings (SSSR count). The van der Waals surface area contributed by atoms with Crippen LogP contribution in [0.4, 0.5) is 0 Å². The largest absolute Gasteiger partial charge is 0.350 e. The van der Waals surface area contributed by atoms with Gasteiger partial charge in [0.1, 0.15) is 0 Å². The summed E-state index contributed by atoms with van der Waals surface area (Å²) in [6, 6.07) is 9.31. The van der Waals surface area contributed by atoms with Gasteiger partial charge in [0.25, 0.3) is 5.56 Å². The third kappa shape index (κ3) is 1.71. The van der Waals surface area contributed by atoms with E-state index in [1.165, 1.54) is 13.1 Å². The number of aromatic amines is 1. The number of hydrogen-bond acceptors (Lipinski definition) is 2.